The summed E-state index contributed by atoms with van der Waals surface area (Å²) in [5.41, 5.74) is 5.26. The molecule has 1 aliphatic carbocycles. The Bertz CT molecular complexity index is 942. The second-order valence-corrected chi connectivity index (χ2v) is 8.38. The molecule has 2 aromatic rings. The van der Waals surface area contributed by atoms with Crippen molar-refractivity contribution in [3.05, 3.63) is 40.4 Å². The summed E-state index contributed by atoms with van der Waals surface area (Å²) in [7, 11) is -3.66. The van der Waals surface area contributed by atoms with Crippen LogP contribution in [0.3, 0.4) is 0 Å². The molecular weight excluding hydrogens is 358 g/mol. The minimum absolute atomic E-state index is 0.0104. The van der Waals surface area contributed by atoms with Crippen LogP contribution in [0.1, 0.15) is 44.8 Å². The molecule has 9 nitrogen and oxygen atoms in total. The number of sulfonamides is 1. The highest BCUT2D eigenvalue weighted by molar-refractivity contribution is 7.89. The normalized spacial score (nSPS) is 16.6. The lowest BCUT2D eigenvalue weighted by Gasteiger charge is -2.34. The van der Waals surface area contributed by atoms with Crippen molar-refractivity contribution in [2.75, 3.05) is 13.1 Å². The van der Waals surface area contributed by atoms with Crippen LogP contribution in [-0.4, -0.2) is 40.5 Å². The summed E-state index contributed by atoms with van der Waals surface area (Å²) in [6, 6.07) is 2.54. The van der Waals surface area contributed by atoms with Crippen LogP contribution in [0.4, 0.5) is 0 Å². The van der Waals surface area contributed by atoms with E-state index in [0.717, 1.165) is 19.3 Å². The minimum atomic E-state index is -3.66. The molecule has 0 aliphatic heterocycles. The largest absolute Gasteiger partial charge is 0.337 e. The Morgan fingerprint density at radius 2 is 2.00 bits per heavy atom. The molecule has 0 spiro atoms. The molecular formula is C16H23N5O4S. The minimum Gasteiger partial charge on any atom is -0.337 e. The van der Waals surface area contributed by atoms with Gasteiger partial charge in [0.15, 0.2) is 5.82 Å². The summed E-state index contributed by atoms with van der Waals surface area (Å²) in [5.74, 6) is 0.648. The van der Waals surface area contributed by atoms with E-state index in [4.69, 9.17) is 10.3 Å². The summed E-state index contributed by atoms with van der Waals surface area (Å²) in [4.78, 5) is 16.5. The third kappa shape index (κ3) is 3.31. The number of nitrogens with two attached hydrogens (primary N) is 1. The van der Waals surface area contributed by atoms with Crippen LogP contribution in [-0.2, 0) is 22.1 Å². The lowest BCUT2D eigenvalue weighted by atomic mass is 9.77. The molecule has 26 heavy (non-hydrogen) atoms. The van der Waals surface area contributed by atoms with Gasteiger partial charge in [-0.05, 0) is 25.3 Å². The van der Waals surface area contributed by atoms with Gasteiger partial charge in [0.2, 0.25) is 15.9 Å². The van der Waals surface area contributed by atoms with Gasteiger partial charge in [-0.3, -0.25) is 4.79 Å². The van der Waals surface area contributed by atoms with E-state index in [1.54, 1.807) is 13.8 Å². The highest BCUT2D eigenvalue weighted by atomic mass is 32.2. The summed E-state index contributed by atoms with van der Waals surface area (Å²) < 4.78 is 33.0. The van der Waals surface area contributed by atoms with Gasteiger partial charge in [0.1, 0.15) is 6.54 Å². The second kappa shape index (κ2) is 6.93. The van der Waals surface area contributed by atoms with Crippen molar-refractivity contribution in [1.82, 2.24) is 19.0 Å². The Kier molecular flexibility index (Phi) is 5.00. The topological polar surface area (TPSA) is 124 Å². The van der Waals surface area contributed by atoms with Gasteiger partial charge in [-0.15, -0.1) is 0 Å². The SMILES string of the molecule is CCN(CC)S(=O)(=O)c1ccc(=O)n(Cc2nc(C3(N)CCC3)no2)c1. The summed E-state index contributed by atoms with van der Waals surface area (Å²) in [5, 5.41) is 3.91. The number of aromatic nitrogens is 3. The van der Waals surface area contributed by atoms with Gasteiger partial charge in [-0.1, -0.05) is 19.0 Å². The number of hydrogen-bond donors (Lipinski definition) is 1. The third-order valence-corrected chi connectivity index (χ3v) is 6.80. The molecule has 0 amide bonds. The maximum absolute atomic E-state index is 12.6. The van der Waals surface area contributed by atoms with Gasteiger partial charge in [0.05, 0.1) is 10.4 Å². The lowest BCUT2D eigenvalue weighted by Crippen LogP contribution is -2.44. The highest BCUT2D eigenvalue weighted by Gasteiger charge is 2.39. The van der Waals surface area contributed by atoms with E-state index in [0.29, 0.717) is 18.9 Å². The van der Waals surface area contributed by atoms with Crippen LogP contribution >= 0.6 is 0 Å². The first-order valence-electron chi connectivity index (χ1n) is 8.63. The molecule has 142 valence electrons. The van der Waals surface area contributed by atoms with E-state index >= 15 is 0 Å². The van der Waals surface area contributed by atoms with Crippen LogP contribution < -0.4 is 11.3 Å². The van der Waals surface area contributed by atoms with Crippen molar-refractivity contribution in [3.8, 4) is 0 Å². The summed E-state index contributed by atoms with van der Waals surface area (Å²) in [6.45, 7) is 4.22. The van der Waals surface area contributed by atoms with Crippen molar-refractivity contribution in [2.24, 2.45) is 5.73 Å². The van der Waals surface area contributed by atoms with Crippen molar-refractivity contribution in [2.45, 2.75) is 50.1 Å². The summed E-state index contributed by atoms with van der Waals surface area (Å²) in [6.07, 6.45) is 3.92. The van der Waals surface area contributed by atoms with Gasteiger partial charge in [-0.2, -0.15) is 9.29 Å². The molecule has 3 rings (SSSR count). The first-order valence-corrected chi connectivity index (χ1v) is 10.1. The van der Waals surface area contributed by atoms with E-state index in [-0.39, 0.29) is 22.9 Å². The molecule has 0 bridgehead atoms. The Morgan fingerprint density at radius 1 is 1.31 bits per heavy atom. The smallest absolute Gasteiger partial charge is 0.251 e. The van der Waals surface area contributed by atoms with Gasteiger partial charge in [0.25, 0.3) is 5.56 Å². The molecule has 0 aromatic carbocycles. The molecule has 2 N–H and O–H groups in total. The average molecular weight is 381 g/mol. The third-order valence-electron chi connectivity index (χ3n) is 4.76. The van der Waals surface area contributed by atoms with Gasteiger partial charge in [0, 0.05) is 25.4 Å². The molecule has 0 saturated heterocycles. The standard InChI is InChI=1S/C16H23N5O4S/c1-3-21(4-2)26(23,24)12-6-7-14(22)20(10-12)11-13-18-15(19-25-13)16(17)8-5-9-16/h6-7,10H,3-5,8-9,11,17H2,1-2H3. The first kappa shape index (κ1) is 18.7. The first-order chi connectivity index (χ1) is 12.3. The van der Waals surface area contributed by atoms with Crippen molar-refractivity contribution >= 4 is 10.0 Å². The number of pyridine rings is 1. The Hall–Kier alpha value is -2.04. The fraction of sp³-hybridized carbons (Fsp3) is 0.562. The predicted molar refractivity (Wildman–Crippen MR) is 93.9 cm³/mol. The van der Waals surface area contributed by atoms with Crippen molar-refractivity contribution in [1.29, 1.82) is 0 Å². The molecule has 1 aliphatic rings. The molecule has 1 saturated carbocycles. The molecule has 10 heteroatoms. The van der Waals surface area contributed by atoms with E-state index in [2.05, 4.69) is 10.1 Å². The van der Waals surface area contributed by atoms with Gasteiger partial charge in [-0.25, -0.2) is 8.42 Å². The van der Waals surface area contributed by atoms with Crippen LogP contribution in [0.5, 0.6) is 0 Å². The monoisotopic (exact) mass is 381 g/mol. The highest BCUT2D eigenvalue weighted by Crippen LogP contribution is 2.36. The maximum Gasteiger partial charge on any atom is 0.251 e. The van der Waals surface area contributed by atoms with Crippen LogP contribution in [0.15, 0.2) is 32.5 Å². The zero-order valence-corrected chi connectivity index (χ0v) is 15.7. The molecule has 0 atom stereocenters. The van der Waals surface area contributed by atoms with E-state index < -0.39 is 15.6 Å². The number of rotatable bonds is 7. The lowest BCUT2D eigenvalue weighted by molar-refractivity contribution is 0.228. The van der Waals surface area contributed by atoms with Crippen LogP contribution in [0.25, 0.3) is 0 Å². The quantitative estimate of drug-likeness (QED) is 0.746. The summed E-state index contributed by atoms with van der Waals surface area (Å²) >= 11 is 0. The van der Waals surface area contributed by atoms with Gasteiger partial charge >= 0.3 is 0 Å². The van der Waals surface area contributed by atoms with E-state index in [9.17, 15) is 13.2 Å². The Morgan fingerprint density at radius 3 is 2.58 bits per heavy atom. The molecule has 0 radical (unpaired) electrons. The average Bonchev–Trinajstić information content (AvgIpc) is 3.04. The number of hydrogen-bond acceptors (Lipinski definition) is 7. The Balaban J connectivity index is 1.88. The molecule has 2 heterocycles. The predicted octanol–water partition coefficient (Wildman–Crippen LogP) is 0.648. The van der Waals surface area contributed by atoms with Crippen LogP contribution in [0.2, 0.25) is 0 Å². The maximum atomic E-state index is 12.6. The fourth-order valence-electron chi connectivity index (χ4n) is 2.95. The van der Waals surface area contributed by atoms with Gasteiger partial charge < -0.3 is 14.8 Å². The van der Waals surface area contributed by atoms with Crippen LogP contribution in [0, 0.1) is 0 Å². The van der Waals surface area contributed by atoms with E-state index in [1.165, 1.54) is 27.2 Å². The van der Waals surface area contributed by atoms with Crippen molar-refractivity contribution in [3.63, 3.8) is 0 Å². The van der Waals surface area contributed by atoms with Crippen molar-refractivity contribution < 1.29 is 12.9 Å². The molecule has 0 unspecified atom stereocenters. The Labute approximate surface area is 151 Å². The number of nitrogens with zero attached hydrogens (tertiary/aromatic N) is 4. The second-order valence-electron chi connectivity index (χ2n) is 6.44. The zero-order valence-electron chi connectivity index (χ0n) is 14.9. The fourth-order valence-corrected chi connectivity index (χ4v) is 4.42. The molecule has 2 aromatic heterocycles. The van der Waals surface area contributed by atoms with E-state index in [1.807, 2.05) is 0 Å². The molecule has 1 fully saturated rings. The zero-order chi connectivity index (χ0) is 18.9.